The zero-order valence-electron chi connectivity index (χ0n) is 9.77. The van der Waals surface area contributed by atoms with E-state index in [4.69, 9.17) is 0 Å². The highest BCUT2D eigenvalue weighted by Gasteiger charge is 2.25. The van der Waals surface area contributed by atoms with Crippen LogP contribution in [-0.4, -0.2) is 18.7 Å². The molecule has 0 amide bonds. The Hall–Kier alpha value is -2.17. The van der Waals surface area contributed by atoms with Gasteiger partial charge in [-0.2, -0.15) is 0 Å². The predicted molar refractivity (Wildman–Crippen MR) is 66.0 cm³/mol. The van der Waals surface area contributed by atoms with Gasteiger partial charge in [0.1, 0.15) is 11.6 Å². The minimum atomic E-state index is -0.586. The van der Waals surface area contributed by atoms with Crippen LogP contribution in [0.3, 0.4) is 0 Å². The monoisotopic (exact) mass is 247 g/mol. The molecule has 0 bridgehead atoms. The van der Waals surface area contributed by atoms with Crippen molar-refractivity contribution >= 4 is 17.2 Å². The molecule has 3 rings (SSSR count). The Morgan fingerprint density at radius 2 is 1.89 bits per heavy atom. The van der Waals surface area contributed by atoms with Crippen LogP contribution in [0.4, 0.5) is 26.0 Å². The molecule has 3 nitrogen and oxygen atoms in total. The molecule has 0 fully saturated rings. The molecule has 5 heteroatoms. The van der Waals surface area contributed by atoms with Gasteiger partial charge < -0.3 is 9.80 Å². The van der Waals surface area contributed by atoms with E-state index in [9.17, 15) is 8.78 Å². The van der Waals surface area contributed by atoms with Crippen molar-refractivity contribution in [2.24, 2.45) is 0 Å². The Morgan fingerprint density at radius 1 is 1.17 bits per heavy atom. The first kappa shape index (κ1) is 11.0. The van der Waals surface area contributed by atoms with Crippen LogP contribution in [0.25, 0.3) is 0 Å². The minimum absolute atomic E-state index is 0.469. The van der Waals surface area contributed by atoms with Crippen LogP contribution in [0.5, 0.6) is 0 Å². The van der Waals surface area contributed by atoms with Crippen LogP contribution < -0.4 is 9.80 Å². The Bertz CT molecular complexity index is 580. The van der Waals surface area contributed by atoms with Gasteiger partial charge >= 0.3 is 0 Å². The number of aromatic nitrogens is 1. The molecule has 1 aromatic heterocycles. The fourth-order valence-corrected chi connectivity index (χ4v) is 2.15. The van der Waals surface area contributed by atoms with Gasteiger partial charge in [0.05, 0.1) is 18.0 Å². The third kappa shape index (κ3) is 1.68. The average Bonchev–Trinajstić information content (AvgIpc) is 2.66. The summed E-state index contributed by atoms with van der Waals surface area (Å²) in [6, 6.07) is 7.24. The third-order valence-electron chi connectivity index (χ3n) is 2.95. The summed E-state index contributed by atoms with van der Waals surface area (Å²) in [4.78, 5) is 8.02. The van der Waals surface area contributed by atoms with Crippen molar-refractivity contribution in [3.8, 4) is 0 Å². The molecule has 0 spiro atoms. The molecule has 2 heterocycles. The Balaban J connectivity index is 2.09. The number of fused-ring (bicyclic) bond motifs is 1. The topological polar surface area (TPSA) is 19.4 Å². The first-order chi connectivity index (χ1) is 8.65. The van der Waals surface area contributed by atoms with E-state index in [0.717, 1.165) is 11.8 Å². The van der Waals surface area contributed by atoms with Crippen LogP contribution in [0.2, 0.25) is 0 Å². The van der Waals surface area contributed by atoms with E-state index in [1.807, 2.05) is 24.1 Å². The lowest BCUT2D eigenvalue weighted by atomic mass is 10.2. The molecule has 1 aromatic carbocycles. The molecule has 0 unspecified atom stereocenters. The Labute approximate surface area is 103 Å². The summed E-state index contributed by atoms with van der Waals surface area (Å²) in [5.74, 6) is -0.459. The van der Waals surface area contributed by atoms with Gasteiger partial charge in [-0.15, -0.1) is 0 Å². The Morgan fingerprint density at radius 3 is 2.61 bits per heavy atom. The molecule has 18 heavy (non-hydrogen) atoms. The summed E-state index contributed by atoms with van der Waals surface area (Å²) < 4.78 is 26.5. The van der Waals surface area contributed by atoms with Crippen LogP contribution in [0.15, 0.2) is 36.5 Å². The van der Waals surface area contributed by atoms with Crippen molar-refractivity contribution in [1.82, 2.24) is 4.98 Å². The van der Waals surface area contributed by atoms with Gasteiger partial charge in [-0.05, 0) is 24.3 Å². The molecule has 0 N–H and O–H groups in total. The lowest BCUT2D eigenvalue weighted by Gasteiger charge is -2.18. The second kappa shape index (κ2) is 3.94. The smallest absolute Gasteiger partial charge is 0.158 e. The molecule has 0 aliphatic carbocycles. The maximum atomic E-state index is 13.3. The van der Waals surface area contributed by atoms with E-state index in [1.54, 1.807) is 11.1 Å². The fraction of sp³-hybridized carbons (Fsp3) is 0.154. The van der Waals surface area contributed by atoms with E-state index in [0.29, 0.717) is 18.2 Å². The Kier molecular flexibility index (Phi) is 2.40. The summed E-state index contributed by atoms with van der Waals surface area (Å²) in [5, 5.41) is 0. The van der Waals surface area contributed by atoms with Crippen molar-refractivity contribution in [1.29, 1.82) is 0 Å². The van der Waals surface area contributed by atoms with Crippen molar-refractivity contribution < 1.29 is 8.78 Å². The van der Waals surface area contributed by atoms with Gasteiger partial charge in [0.15, 0.2) is 5.82 Å². The van der Waals surface area contributed by atoms with Crippen molar-refractivity contribution in [3.05, 3.63) is 48.2 Å². The first-order valence-electron chi connectivity index (χ1n) is 5.55. The van der Waals surface area contributed by atoms with Crippen LogP contribution in [0.1, 0.15) is 0 Å². The fourth-order valence-electron chi connectivity index (χ4n) is 2.15. The van der Waals surface area contributed by atoms with Crippen molar-refractivity contribution in [2.45, 2.75) is 0 Å². The number of nitrogens with zero attached hydrogens (tertiary/aromatic N) is 3. The normalized spacial score (nSPS) is 13.9. The van der Waals surface area contributed by atoms with Gasteiger partial charge in [-0.1, -0.05) is 0 Å². The average molecular weight is 247 g/mol. The summed E-state index contributed by atoms with van der Waals surface area (Å²) in [5.41, 5.74) is 1.42. The lowest BCUT2D eigenvalue weighted by Crippen LogP contribution is -2.24. The van der Waals surface area contributed by atoms with Crippen molar-refractivity contribution in [2.75, 3.05) is 23.5 Å². The van der Waals surface area contributed by atoms with Gasteiger partial charge in [0.25, 0.3) is 0 Å². The highest BCUT2D eigenvalue weighted by molar-refractivity contribution is 5.78. The van der Waals surface area contributed by atoms with Crippen LogP contribution in [0, 0.1) is 11.6 Å². The molecule has 0 saturated carbocycles. The lowest BCUT2D eigenvalue weighted by molar-refractivity contribution is 0.583. The highest BCUT2D eigenvalue weighted by atomic mass is 19.1. The summed E-state index contributed by atoms with van der Waals surface area (Å²) in [6.45, 7) is 0.523. The molecule has 1 aliphatic heterocycles. The molecule has 2 aromatic rings. The number of hydrogen-bond acceptors (Lipinski definition) is 3. The predicted octanol–water partition coefficient (Wildman–Crippen LogP) is 2.91. The summed E-state index contributed by atoms with van der Waals surface area (Å²) in [7, 11) is 1.91. The molecule has 0 radical (unpaired) electrons. The highest BCUT2D eigenvalue weighted by Crippen LogP contribution is 2.37. The minimum Gasteiger partial charge on any atom is -0.354 e. The number of benzene rings is 1. The second-order valence-electron chi connectivity index (χ2n) is 4.24. The number of pyridine rings is 1. The third-order valence-corrected chi connectivity index (χ3v) is 2.95. The van der Waals surface area contributed by atoms with E-state index >= 15 is 0 Å². The van der Waals surface area contributed by atoms with Crippen molar-refractivity contribution in [3.63, 3.8) is 0 Å². The first-order valence-corrected chi connectivity index (χ1v) is 5.55. The van der Waals surface area contributed by atoms with Gasteiger partial charge in [0.2, 0.25) is 0 Å². The van der Waals surface area contributed by atoms with Crippen LogP contribution in [-0.2, 0) is 0 Å². The standard InChI is InChI=1S/C13H11F2N3/c1-17-8-18(13-12(17)3-2-4-16-13)11-6-9(14)5-10(15)7-11/h2-7H,8H2,1H3. The molecular formula is C13H11F2N3. The largest absolute Gasteiger partial charge is 0.354 e. The molecule has 1 aliphatic rings. The zero-order chi connectivity index (χ0) is 12.7. The van der Waals surface area contributed by atoms with E-state index in [2.05, 4.69) is 4.98 Å². The van der Waals surface area contributed by atoms with Gasteiger partial charge in [-0.3, -0.25) is 0 Å². The number of anilines is 3. The summed E-state index contributed by atoms with van der Waals surface area (Å²) in [6.07, 6.45) is 1.67. The molecule has 92 valence electrons. The van der Waals surface area contributed by atoms with Gasteiger partial charge in [0, 0.05) is 19.3 Å². The summed E-state index contributed by atoms with van der Waals surface area (Å²) >= 11 is 0. The molecular weight excluding hydrogens is 236 g/mol. The maximum Gasteiger partial charge on any atom is 0.158 e. The molecule has 0 atom stereocenters. The quantitative estimate of drug-likeness (QED) is 0.772. The maximum absolute atomic E-state index is 13.3. The molecule has 0 saturated heterocycles. The SMILES string of the molecule is CN1CN(c2cc(F)cc(F)c2)c2ncccc21. The van der Waals surface area contributed by atoms with E-state index in [-0.39, 0.29) is 0 Å². The number of halogens is 2. The van der Waals surface area contributed by atoms with E-state index in [1.165, 1.54) is 12.1 Å². The van der Waals surface area contributed by atoms with E-state index < -0.39 is 11.6 Å². The van der Waals surface area contributed by atoms with Crippen LogP contribution >= 0.6 is 0 Å². The number of rotatable bonds is 1. The zero-order valence-corrected chi connectivity index (χ0v) is 9.77. The van der Waals surface area contributed by atoms with Gasteiger partial charge in [-0.25, -0.2) is 13.8 Å². The second-order valence-corrected chi connectivity index (χ2v) is 4.24. The number of hydrogen-bond donors (Lipinski definition) is 0.